The lowest BCUT2D eigenvalue weighted by Gasteiger charge is -2.49. The van der Waals surface area contributed by atoms with Gasteiger partial charge < -0.3 is 71.1 Å². The van der Waals surface area contributed by atoms with Crippen molar-refractivity contribution in [2.75, 3.05) is 20.3 Å². The molecular weight excluding hydrogens is 1320 g/mol. The second-order valence-corrected chi connectivity index (χ2v) is 34.5. The monoisotopic (exact) mass is 1420 g/mol. The largest absolute Gasteiger partial charge is 0.462 e. The molecule has 1 aliphatic carbocycles. The van der Waals surface area contributed by atoms with Crippen LogP contribution in [0.5, 0.6) is 0 Å². The molecule has 11 rings (SSSR count). The van der Waals surface area contributed by atoms with Gasteiger partial charge in [-0.25, -0.2) is 19.2 Å². The van der Waals surface area contributed by atoms with Crippen molar-refractivity contribution in [2.24, 2.45) is 23.7 Å². The van der Waals surface area contributed by atoms with E-state index in [2.05, 4.69) is 66.8 Å². The Balaban J connectivity index is 0.925. The number of carbonyl (C=O) groups is 5. The summed E-state index contributed by atoms with van der Waals surface area (Å²) in [6.45, 7) is 24.5. The van der Waals surface area contributed by atoms with Crippen LogP contribution >= 0.6 is 0 Å². The van der Waals surface area contributed by atoms with E-state index in [9.17, 15) is 24.3 Å². The molecule has 0 radical (unpaired) electrons. The lowest BCUT2D eigenvalue weighted by molar-refractivity contribution is -0.342. The molecule has 4 aromatic rings. The van der Waals surface area contributed by atoms with E-state index in [1.165, 1.54) is 7.11 Å². The fourth-order valence-electron chi connectivity index (χ4n) is 14.5. The van der Waals surface area contributed by atoms with Crippen LogP contribution in [0.2, 0.25) is 18.1 Å². The molecule has 0 unspecified atom stereocenters. The van der Waals surface area contributed by atoms with Gasteiger partial charge in [0, 0.05) is 38.2 Å². The Morgan fingerprint density at radius 1 is 0.686 bits per heavy atom. The number of allylic oxidation sites excluding steroid dienone is 2. The molecule has 20 nitrogen and oxygen atoms in total. The highest BCUT2D eigenvalue weighted by molar-refractivity contribution is 6.74. The van der Waals surface area contributed by atoms with Gasteiger partial charge in [0.1, 0.15) is 42.5 Å². The average molecular weight is 1420 g/mol. The van der Waals surface area contributed by atoms with Crippen LogP contribution < -0.4 is 0 Å². The number of fused-ring (bicyclic) bond motifs is 2. The number of rotatable bonds is 18. The van der Waals surface area contributed by atoms with Gasteiger partial charge in [0.05, 0.1) is 65.5 Å². The zero-order valence-electron chi connectivity index (χ0n) is 60.7. The van der Waals surface area contributed by atoms with Gasteiger partial charge in [-0.3, -0.25) is 4.79 Å². The Bertz CT molecular complexity index is 3720. The zero-order chi connectivity index (χ0) is 72.8. The lowest BCUT2D eigenvalue weighted by Crippen LogP contribution is -2.64. The molecule has 6 aliphatic heterocycles. The van der Waals surface area contributed by atoms with Crippen molar-refractivity contribution in [1.82, 2.24) is 0 Å². The van der Waals surface area contributed by atoms with Gasteiger partial charge in [-0.15, -0.1) is 0 Å². The molecule has 4 aromatic carbocycles. The number of methoxy groups -OCH3 is 1. The maximum absolute atomic E-state index is 15.1. The molecule has 21 atom stereocenters. The molecule has 4 saturated heterocycles. The molecule has 2 bridgehead atoms. The number of aliphatic hydroxyl groups is 1. The number of hydrogen-bond acceptors (Lipinski definition) is 20. The van der Waals surface area contributed by atoms with Crippen molar-refractivity contribution in [3.63, 3.8) is 0 Å². The number of esters is 5. The van der Waals surface area contributed by atoms with Crippen LogP contribution in [0.3, 0.4) is 0 Å². The third-order valence-corrected chi connectivity index (χ3v) is 25.9. The Morgan fingerprint density at radius 2 is 1.26 bits per heavy atom. The third kappa shape index (κ3) is 16.9. The minimum atomic E-state index is -2.48. The Morgan fingerprint density at radius 3 is 1.84 bits per heavy atom. The van der Waals surface area contributed by atoms with Crippen molar-refractivity contribution >= 4 is 38.2 Å². The molecule has 0 saturated carbocycles. The minimum absolute atomic E-state index is 0.0268. The van der Waals surface area contributed by atoms with Crippen LogP contribution in [-0.4, -0.2) is 167 Å². The number of ether oxygens (including phenoxy) is 13. The molecular formula is C81H100O20Si. The number of benzene rings is 4. The minimum Gasteiger partial charge on any atom is -0.462 e. The second-order valence-electron chi connectivity index (χ2n) is 29.8. The summed E-state index contributed by atoms with van der Waals surface area (Å²) >= 11 is 0. The van der Waals surface area contributed by atoms with Crippen molar-refractivity contribution < 1.29 is 95.1 Å². The van der Waals surface area contributed by atoms with Crippen LogP contribution in [0.25, 0.3) is 0 Å². The Kier molecular flexibility index (Phi) is 24.1. The normalized spacial score (nSPS) is 35.2. The smallest absolute Gasteiger partial charge is 0.338 e. The summed E-state index contributed by atoms with van der Waals surface area (Å²) in [6, 6.07) is 32.7. The maximum Gasteiger partial charge on any atom is 0.338 e. The summed E-state index contributed by atoms with van der Waals surface area (Å²) in [6.07, 6.45) is 0.272. The Hall–Kier alpha value is -7.25. The van der Waals surface area contributed by atoms with Gasteiger partial charge in [0.15, 0.2) is 45.0 Å². The predicted octanol–water partition coefficient (Wildman–Crippen LogP) is 13.2. The fourth-order valence-corrected chi connectivity index (χ4v) is 15.8. The van der Waals surface area contributed by atoms with E-state index in [1.54, 1.807) is 128 Å². The van der Waals surface area contributed by atoms with Gasteiger partial charge in [0.2, 0.25) is 0 Å². The molecule has 1 spiro atoms. The standard InChI is InChI=1S/C81H100O20Si/c1-14-48(2)66-51(5)40-41-80(100-66)45-60-43-59(99-80)39-38-50(4)65(49(3)28-27-37-58-46-89-72-67(101-102(12,13)79(8,9)10)52(6)42-61(77(86)92-60)81(58,72)87)94-64-44-62(88-11)68(53(7)91-64)98-78-71(97-76(85)57-35-25-18-26-36-57)70(96-75(84)56-33-23-17-24-34-56)69(95-74(83)55-31-21-16-22-32-55)63(93-78)47-90-73(82)54-29-19-15-20-30-54/h15-38,40-42,48-49,51,53,59-72,78,87H,14,39,43-47H2,1-13H3/b28-27+,50-38+,58-37+/t48-,49-,51-,53-,59+,60-,61-,62-,63+,64-,65-,66+,67+,68-,69+,70-,71+,72+,78-,80+,81+/m0/s1. The topological polar surface area (TPSA) is 235 Å². The first kappa shape index (κ1) is 75.9. The summed E-state index contributed by atoms with van der Waals surface area (Å²) in [7, 11) is -0.958. The summed E-state index contributed by atoms with van der Waals surface area (Å²) in [5.41, 5.74) is 0.885. The van der Waals surface area contributed by atoms with Gasteiger partial charge in [-0.2, -0.15) is 0 Å². The lowest BCUT2D eigenvalue weighted by atomic mass is 9.71. The maximum atomic E-state index is 15.1. The summed E-state index contributed by atoms with van der Waals surface area (Å²) in [4.78, 5) is 72.2. The molecule has 548 valence electrons. The van der Waals surface area contributed by atoms with E-state index in [-0.39, 0.29) is 70.6 Å². The van der Waals surface area contributed by atoms with Gasteiger partial charge in [0.25, 0.3) is 0 Å². The van der Waals surface area contributed by atoms with Crippen LogP contribution in [0.4, 0.5) is 0 Å². The van der Waals surface area contributed by atoms with E-state index >= 15 is 4.79 Å². The molecule has 0 aromatic heterocycles. The molecule has 4 fully saturated rings. The predicted molar refractivity (Wildman–Crippen MR) is 380 cm³/mol. The van der Waals surface area contributed by atoms with Crippen molar-refractivity contribution in [3.8, 4) is 0 Å². The molecule has 6 heterocycles. The second kappa shape index (κ2) is 32.4. The quantitative estimate of drug-likeness (QED) is 0.0422. The van der Waals surface area contributed by atoms with Gasteiger partial charge in [-0.1, -0.05) is 164 Å². The number of carbonyl (C=O) groups excluding carboxylic acids is 5. The highest BCUT2D eigenvalue weighted by atomic mass is 28.4. The van der Waals surface area contributed by atoms with Crippen LogP contribution in [0.15, 0.2) is 181 Å². The summed E-state index contributed by atoms with van der Waals surface area (Å²) < 4.78 is 93.7. The van der Waals surface area contributed by atoms with Crippen molar-refractivity contribution in [3.05, 3.63) is 203 Å². The van der Waals surface area contributed by atoms with Crippen molar-refractivity contribution in [1.29, 1.82) is 0 Å². The molecule has 21 heteroatoms. The first-order valence-corrected chi connectivity index (χ1v) is 38.7. The highest BCUT2D eigenvalue weighted by Gasteiger charge is 2.62. The van der Waals surface area contributed by atoms with E-state index in [0.29, 0.717) is 18.4 Å². The molecule has 1 N–H and O–H groups in total. The first-order valence-electron chi connectivity index (χ1n) is 35.8. The average Bonchev–Trinajstić information content (AvgIpc) is 1.51. The molecule has 0 amide bonds. The van der Waals surface area contributed by atoms with E-state index in [4.69, 9.17) is 66.0 Å². The zero-order valence-corrected chi connectivity index (χ0v) is 61.7. The third-order valence-electron chi connectivity index (χ3n) is 21.5. The summed E-state index contributed by atoms with van der Waals surface area (Å²) in [5, 5.41) is 13.3. The first-order chi connectivity index (χ1) is 48.7. The number of hydrogen-bond donors (Lipinski definition) is 1. The van der Waals surface area contributed by atoms with Crippen LogP contribution in [0.1, 0.15) is 143 Å². The highest BCUT2D eigenvalue weighted by Crippen LogP contribution is 2.50. The van der Waals surface area contributed by atoms with E-state index in [1.807, 2.05) is 51.2 Å². The van der Waals surface area contributed by atoms with Crippen molar-refractivity contribution in [2.45, 2.75) is 223 Å². The van der Waals surface area contributed by atoms with Gasteiger partial charge in [-0.05, 0) is 123 Å². The molecule has 7 aliphatic rings. The van der Waals surface area contributed by atoms with Crippen LogP contribution in [-0.2, 0) is 70.8 Å². The van der Waals surface area contributed by atoms with E-state index in [0.717, 1.165) is 17.6 Å². The molecule has 102 heavy (non-hydrogen) atoms. The van der Waals surface area contributed by atoms with E-state index < -0.39 is 148 Å². The fraction of sp³-hybridized carbons (Fsp3) is 0.519. The SMILES string of the molecule is CC[C@H](C)[C@H]1O[C@]2(C=C[C@@H]1C)C[C@@H]1C[C@@H](C/C=C(\C)[C@@H](O[C@H]3C[C@H](OC)[C@@H](O[C@@H]4O[C@H](COC(=O)c5ccccc5)[C@@H](OC(=O)c5ccccc5)[C@H](OC(=O)c5ccccc5)[C@H]4OC(=O)c4ccccc4)[C@H](C)O3)[C@@H](C)/C=C/C=C3\CO[C@@H]4[C@H](O[Si](C)(C)C(C)(C)C)C(C)=C[C@@H](C(=O)O1)[C@]34O)O2. The van der Waals surface area contributed by atoms with Gasteiger partial charge >= 0.3 is 29.8 Å². The Labute approximate surface area is 600 Å². The van der Waals surface area contributed by atoms with Crippen LogP contribution in [0, 0.1) is 23.7 Å². The summed E-state index contributed by atoms with van der Waals surface area (Å²) in [5.74, 6) is -6.30.